The van der Waals surface area contributed by atoms with Gasteiger partial charge in [-0.05, 0) is 53.8 Å². The van der Waals surface area contributed by atoms with Gasteiger partial charge >= 0.3 is 0 Å². The highest BCUT2D eigenvalue weighted by molar-refractivity contribution is 7.92. The van der Waals surface area contributed by atoms with E-state index < -0.39 is 10.0 Å². The number of hydrogen-bond donors (Lipinski definition) is 1. The Morgan fingerprint density at radius 3 is 2.36 bits per heavy atom. The van der Waals surface area contributed by atoms with Crippen molar-refractivity contribution in [2.75, 3.05) is 4.72 Å². The zero-order chi connectivity index (χ0) is 24.0. The van der Waals surface area contributed by atoms with Gasteiger partial charge in [0.05, 0.1) is 21.2 Å². The van der Waals surface area contributed by atoms with Crippen LogP contribution in [0.15, 0.2) is 59.6 Å². The molecule has 1 aliphatic rings. The first-order chi connectivity index (χ1) is 15.5. The predicted molar refractivity (Wildman–Crippen MR) is 130 cm³/mol. The average Bonchev–Trinajstić information content (AvgIpc) is 3.08. The molecule has 172 valence electrons. The van der Waals surface area contributed by atoms with Crippen LogP contribution in [0.5, 0.6) is 0 Å². The molecule has 1 aliphatic heterocycles. The topological polar surface area (TPSA) is 79.4 Å². The smallest absolute Gasteiger partial charge is 0.261 e. The van der Waals surface area contributed by atoms with Crippen molar-refractivity contribution in [3.63, 3.8) is 0 Å². The van der Waals surface area contributed by atoms with Gasteiger partial charge in [0, 0.05) is 30.5 Å². The quantitative estimate of drug-likeness (QED) is 0.534. The lowest BCUT2D eigenvalue weighted by atomic mass is 9.87. The molecular weight excluding hydrogens is 458 g/mol. The second-order valence-electron chi connectivity index (χ2n) is 9.30. The second kappa shape index (κ2) is 8.47. The van der Waals surface area contributed by atoms with Gasteiger partial charge in [0.1, 0.15) is 0 Å². The fourth-order valence-corrected chi connectivity index (χ4v) is 5.16. The summed E-state index contributed by atoms with van der Waals surface area (Å²) in [6.07, 6.45) is 1.73. The monoisotopic (exact) mass is 483 g/mol. The van der Waals surface area contributed by atoms with Crippen LogP contribution in [0.4, 0.5) is 5.69 Å². The molecule has 0 bridgehead atoms. The third kappa shape index (κ3) is 4.75. The lowest BCUT2D eigenvalue weighted by Crippen LogP contribution is -2.23. The van der Waals surface area contributed by atoms with Gasteiger partial charge in [-0.2, -0.15) is 0 Å². The number of halogens is 1. The maximum absolute atomic E-state index is 13.1. The van der Waals surface area contributed by atoms with E-state index in [2.05, 4.69) is 30.5 Å². The largest absolute Gasteiger partial charge is 0.330 e. The van der Waals surface area contributed by atoms with E-state index in [-0.39, 0.29) is 22.8 Å². The Kier molecular flexibility index (Phi) is 5.97. The Morgan fingerprint density at radius 1 is 1.06 bits per heavy atom. The minimum atomic E-state index is -3.84. The van der Waals surface area contributed by atoms with E-state index in [0.717, 1.165) is 16.8 Å². The molecule has 1 N–H and O–H groups in total. The van der Waals surface area contributed by atoms with Gasteiger partial charge in [0.15, 0.2) is 0 Å². The highest BCUT2D eigenvalue weighted by Crippen LogP contribution is 2.36. The lowest BCUT2D eigenvalue weighted by Gasteiger charge is -2.19. The highest BCUT2D eigenvalue weighted by atomic mass is 35.5. The van der Waals surface area contributed by atoms with E-state index in [0.29, 0.717) is 28.4 Å². The summed E-state index contributed by atoms with van der Waals surface area (Å²) in [5, 5.41) is 0.303. The van der Waals surface area contributed by atoms with Crippen LogP contribution < -0.4 is 4.72 Å². The molecule has 3 aromatic rings. The Bertz CT molecular complexity index is 1310. The Labute approximate surface area is 199 Å². The fraction of sp³-hybridized carbons (Fsp3) is 0.280. The van der Waals surface area contributed by atoms with Crippen LogP contribution in [-0.4, -0.2) is 24.2 Å². The van der Waals surface area contributed by atoms with Gasteiger partial charge in [-0.15, -0.1) is 0 Å². The summed E-state index contributed by atoms with van der Waals surface area (Å²) < 4.78 is 28.8. The first-order valence-corrected chi connectivity index (χ1v) is 12.5. The molecule has 0 spiro atoms. The Balaban J connectivity index is 1.61. The molecule has 0 saturated carbocycles. The molecule has 2 heterocycles. The zero-order valence-electron chi connectivity index (χ0n) is 19.0. The van der Waals surface area contributed by atoms with E-state index in [1.807, 2.05) is 31.2 Å². The molecule has 0 radical (unpaired) electrons. The van der Waals surface area contributed by atoms with Crippen LogP contribution >= 0.6 is 11.6 Å². The maximum atomic E-state index is 13.1. The number of carbonyl (C=O) groups excluding carboxylic acids is 1. The molecule has 1 aromatic heterocycles. The standard InChI is InChI=1S/C25H26ClN3O3S/c1-16-5-6-17(13-27-16)14-29-15-20-22(12-11-21(26)23(20)24(29)30)28-33(31,32)19-9-7-18(8-10-19)25(2,3)4/h5-13,28H,14-15H2,1-4H3. The van der Waals surface area contributed by atoms with Crippen LogP contribution in [0.25, 0.3) is 0 Å². The minimum Gasteiger partial charge on any atom is -0.330 e. The van der Waals surface area contributed by atoms with Crippen LogP contribution in [-0.2, 0) is 28.5 Å². The van der Waals surface area contributed by atoms with E-state index in [1.54, 1.807) is 35.4 Å². The first-order valence-electron chi connectivity index (χ1n) is 10.6. The molecule has 33 heavy (non-hydrogen) atoms. The molecule has 8 heteroatoms. The Morgan fingerprint density at radius 2 is 1.76 bits per heavy atom. The summed E-state index contributed by atoms with van der Waals surface area (Å²) in [5.74, 6) is -0.230. The van der Waals surface area contributed by atoms with Gasteiger partial charge < -0.3 is 4.90 Å². The molecule has 0 unspecified atom stereocenters. The summed E-state index contributed by atoms with van der Waals surface area (Å²) in [6, 6.07) is 13.8. The van der Waals surface area contributed by atoms with Crippen molar-refractivity contribution in [3.05, 3.63) is 87.7 Å². The number of benzene rings is 2. The van der Waals surface area contributed by atoms with Crippen LogP contribution in [0, 0.1) is 6.92 Å². The number of carbonyl (C=O) groups is 1. The minimum absolute atomic E-state index is 0.0798. The molecule has 6 nitrogen and oxygen atoms in total. The van der Waals surface area contributed by atoms with Crippen molar-refractivity contribution >= 4 is 33.2 Å². The van der Waals surface area contributed by atoms with Crippen molar-refractivity contribution in [2.45, 2.75) is 51.1 Å². The number of hydrogen-bond acceptors (Lipinski definition) is 4. The van der Waals surface area contributed by atoms with Crippen LogP contribution in [0.3, 0.4) is 0 Å². The van der Waals surface area contributed by atoms with Crippen molar-refractivity contribution in [2.24, 2.45) is 0 Å². The van der Waals surface area contributed by atoms with Crippen molar-refractivity contribution < 1.29 is 13.2 Å². The molecule has 2 aromatic carbocycles. The molecule has 1 amide bonds. The van der Waals surface area contributed by atoms with E-state index in [1.165, 1.54) is 0 Å². The summed E-state index contributed by atoms with van der Waals surface area (Å²) in [6.45, 7) is 8.72. The number of anilines is 1. The second-order valence-corrected chi connectivity index (χ2v) is 11.4. The van der Waals surface area contributed by atoms with Gasteiger partial charge in [-0.1, -0.05) is 50.6 Å². The number of aromatic nitrogens is 1. The number of rotatable bonds is 5. The molecular formula is C25H26ClN3O3S. The van der Waals surface area contributed by atoms with Gasteiger partial charge in [-0.25, -0.2) is 8.42 Å². The van der Waals surface area contributed by atoms with Crippen molar-refractivity contribution in [3.8, 4) is 0 Å². The zero-order valence-corrected chi connectivity index (χ0v) is 20.6. The average molecular weight is 484 g/mol. The van der Waals surface area contributed by atoms with Gasteiger partial charge in [0.2, 0.25) is 0 Å². The van der Waals surface area contributed by atoms with E-state index in [9.17, 15) is 13.2 Å². The summed E-state index contributed by atoms with van der Waals surface area (Å²) in [4.78, 5) is 19.1. The van der Waals surface area contributed by atoms with E-state index >= 15 is 0 Å². The number of nitrogens with zero attached hydrogens (tertiary/aromatic N) is 2. The number of nitrogens with one attached hydrogen (secondary N) is 1. The number of aryl methyl sites for hydroxylation is 1. The number of fused-ring (bicyclic) bond motifs is 1. The molecule has 4 rings (SSSR count). The molecule has 0 aliphatic carbocycles. The maximum Gasteiger partial charge on any atom is 0.261 e. The SMILES string of the molecule is Cc1ccc(CN2Cc3c(NS(=O)(=O)c4ccc(C(C)(C)C)cc4)ccc(Cl)c3C2=O)cn1. The third-order valence-corrected chi connectivity index (χ3v) is 7.43. The lowest BCUT2D eigenvalue weighted by molar-refractivity contribution is 0.0767. The van der Waals surface area contributed by atoms with E-state index in [4.69, 9.17) is 11.6 Å². The van der Waals surface area contributed by atoms with Crippen LogP contribution in [0.2, 0.25) is 5.02 Å². The highest BCUT2D eigenvalue weighted by Gasteiger charge is 2.33. The summed E-state index contributed by atoms with van der Waals surface area (Å²) >= 11 is 6.34. The van der Waals surface area contributed by atoms with Gasteiger partial charge in [0.25, 0.3) is 15.9 Å². The third-order valence-electron chi connectivity index (χ3n) is 5.73. The Hall–Kier alpha value is -2.90. The number of amides is 1. The van der Waals surface area contributed by atoms with Crippen LogP contribution in [0.1, 0.15) is 53.5 Å². The summed E-state index contributed by atoms with van der Waals surface area (Å²) in [7, 11) is -3.84. The predicted octanol–water partition coefficient (Wildman–Crippen LogP) is 5.30. The van der Waals surface area contributed by atoms with Crippen molar-refractivity contribution in [1.29, 1.82) is 0 Å². The molecule has 0 fully saturated rings. The normalized spacial score (nSPS) is 13.8. The van der Waals surface area contributed by atoms with Gasteiger partial charge in [-0.3, -0.25) is 14.5 Å². The number of pyridine rings is 1. The molecule has 0 atom stereocenters. The summed E-state index contributed by atoms with van der Waals surface area (Å²) in [5.41, 5.74) is 4.00. The molecule has 0 saturated heterocycles. The van der Waals surface area contributed by atoms with Crippen molar-refractivity contribution in [1.82, 2.24) is 9.88 Å². The number of sulfonamides is 1. The fourth-order valence-electron chi connectivity index (χ4n) is 3.81. The first kappa shape index (κ1) is 23.3.